The van der Waals surface area contributed by atoms with Gasteiger partial charge in [0.1, 0.15) is 11.6 Å². The van der Waals surface area contributed by atoms with Crippen LogP contribution in [0.1, 0.15) is 52.3 Å². The van der Waals surface area contributed by atoms with Gasteiger partial charge in [-0.05, 0) is 44.7 Å². The Kier molecular flexibility index (Phi) is 4.62. The first-order valence-electron chi connectivity index (χ1n) is 9.60. The molecule has 0 radical (unpaired) electrons. The number of carbonyl (C=O) groups is 1. The van der Waals surface area contributed by atoms with Crippen LogP contribution in [0.25, 0.3) is 0 Å². The van der Waals surface area contributed by atoms with Gasteiger partial charge < -0.3 is 9.80 Å². The average Bonchev–Trinajstić information content (AvgIpc) is 2.67. The van der Waals surface area contributed by atoms with Gasteiger partial charge in [-0.2, -0.15) is 0 Å². The first-order chi connectivity index (χ1) is 12.6. The molecule has 2 aromatic rings. The Labute approximate surface area is 155 Å². The predicted octanol–water partition coefficient (Wildman–Crippen LogP) is 3.28. The minimum absolute atomic E-state index is 0.110. The lowest BCUT2D eigenvalue weighted by molar-refractivity contribution is 0.0733. The van der Waals surface area contributed by atoms with E-state index in [0.717, 1.165) is 60.1 Å². The summed E-state index contributed by atoms with van der Waals surface area (Å²) in [6.45, 7) is 7.39. The molecule has 1 fully saturated rings. The van der Waals surface area contributed by atoms with E-state index in [4.69, 9.17) is 4.98 Å². The molecule has 1 aromatic carbocycles. The fourth-order valence-electron chi connectivity index (χ4n) is 4.04. The third-order valence-corrected chi connectivity index (χ3v) is 5.47. The van der Waals surface area contributed by atoms with E-state index in [0.29, 0.717) is 6.54 Å². The van der Waals surface area contributed by atoms with Crippen molar-refractivity contribution in [2.45, 2.75) is 46.1 Å². The number of fused-ring (bicyclic) bond motifs is 1. The number of hydrogen-bond donors (Lipinski definition) is 0. The number of nitrogens with zero attached hydrogens (tertiary/aromatic N) is 4. The van der Waals surface area contributed by atoms with Crippen LogP contribution in [0.15, 0.2) is 24.3 Å². The van der Waals surface area contributed by atoms with Crippen LogP contribution in [0, 0.1) is 13.8 Å². The molecule has 0 spiro atoms. The van der Waals surface area contributed by atoms with Gasteiger partial charge in [-0.25, -0.2) is 9.97 Å². The molecule has 26 heavy (non-hydrogen) atoms. The Morgan fingerprint density at radius 3 is 2.54 bits per heavy atom. The third-order valence-electron chi connectivity index (χ3n) is 5.47. The lowest BCUT2D eigenvalue weighted by Gasteiger charge is -2.34. The number of benzene rings is 1. The van der Waals surface area contributed by atoms with Gasteiger partial charge in [-0.15, -0.1) is 0 Å². The molecule has 0 saturated carbocycles. The zero-order valence-corrected chi connectivity index (χ0v) is 15.7. The number of amides is 1. The van der Waals surface area contributed by atoms with Crippen LogP contribution in [-0.4, -0.2) is 40.4 Å². The number of aromatic nitrogens is 2. The lowest BCUT2D eigenvalue weighted by atomic mass is 10.0. The zero-order chi connectivity index (χ0) is 18.1. The summed E-state index contributed by atoms with van der Waals surface area (Å²) < 4.78 is 0. The van der Waals surface area contributed by atoms with Crippen LogP contribution in [0.3, 0.4) is 0 Å². The number of piperidine rings is 1. The second-order valence-corrected chi connectivity index (χ2v) is 7.36. The zero-order valence-electron chi connectivity index (χ0n) is 15.7. The quantitative estimate of drug-likeness (QED) is 0.834. The van der Waals surface area contributed by atoms with Crippen molar-refractivity contribution in [2.75, 3.05) is 24.5 Å². The second kappa shape index (κ2) is 7.06. The smallest absolute Gasteiger partial charge is 0.254 e. The summed E-state index contributed by atoms with van der Waals surface area (Å²) in [4.78, 5) is 26.8. The SMILES string of the molecule is Cc1nc2c(c(N3CCCCC3)n1)CN(C(=O)c1ccccc1C)CC2. The third kappa shape index (κ3) is 3.18. The lowest BCUT2D eigenvalue weighted by Crippen LogP contribution is -2.39. The van der Waals surface area contributed by atoms with Crippen molar-refractivity contribution in [1.82, 2.24) is 14.9 Å². The van der Waals surface area contributed by atoms with Crippen LogP contribution in [0.5, 0.6) is 0 Å². The van der Waals surface area contributed by atoms with Crippen molar-refractivity contribution in [3.63, 3.8) is 0 Å². The molecule has 2 aliphatic rings. The Balaban J connectivity index is 1.65. The van der Waals surface area contributed by atoms with Gasteiger partial charge in [-0.3, -0.25) is 4.79 Å². The fourth-order valence-corrected chi connectivity index (χ4v) is 4.04. The number of rotatable bonds is 2. The van der Waals surface area contributed by atoms with Crippen molar-refractivity contribution < 1.29 is 4.79 Å². The highest BCUT2D eigenvalue weighted by Crippen LogP contribution is 2.29. The Bertz CT molecular complexity index is 827. The largest absolute Gasteiger partial charge is 0.356 e. The predicted molar refractivity (Wildman–Crippen MR) is 102 cm³/mol. The molecule has 0 unspecified atom stereocenters. The Morgan fingerprint density at radius 2 is 1.77 bits per heavy atom. The number of aryl methyl sites for hydroxylation is 2. The summed E-state index contributed by atoms with van der Waals surface area (Å²) in [5.74, 6) is 2.00. The number of anilines is 1. The maximum absolute atomic E-state index is 13.1. The minimum Gasteiger partial charge on any atom is -0.356 e. The van der Waals surface area contributed by atoms with E-state index in [1.165, 1.54) is 19.3 Å². The van der Waals surface area contributed by atoms with E-state index in [2.05, 4.69) is 9.88 Å². The minimum atomic E-state index is 0.110. The van der Waals surface area contributed by atoms with E-state index in [-0.39, 0.29) is 5.91 Å². The molecule has 0 aliphatic carbocycles. The summed E-state index contributed by atoms with van der Waals surface area (Å²) >= 11 is 0. The normalized spacial score (nSPS) is 17.2. The van der Waals surface area contributed by atoms with Crippen molar-refractivity contribution in [3.05, 3.63) is 52.5 Å². The van der Waals surface area contributed by atoms with Crippen molar-refractivity contribution in [2.24, 2.45) is 0 Å². The molecule has 1 amide bonds. The molecule has 5 nitrogen and oxygen atoms in total. The molecule has 3 heterocycles. The van der Waals surface area contributed by atoms with Crippen molar-refractivity contribution >= 4 is 11.7 Å². The summed E-state index contributed by atoms with van der Waals surface area (Å²) in [5.41, 5.74) is 4.08. The summed E-state index contributed by atoms with van der Waals surface area (Å²) in [5, 5.41) is 0. The number of hydrogen-bond acceptors (Lipinski definition) is 4. The standard InChI is InChI=1S/C21H26N4O/c1-15-8-4-5-9-17(15)21(26)25-13-10-19-18(14-25)20(23-16(2)22-19)24-11-6-3-7-12-24/h4-5,8-9H,3,6-7,10-14H2,1-2H3. The van der Waals surface area contributed by atoms with Gasteiger partial charge in [0.15, 0.2) is 0 Å². The van der Waals surface area contributed by atoms with Gasteiger partial charge >= 0.3 is 0 Å². The highest BCUT2D eigenvalue weighted by atomic mass is 16.2. The van der Waals surface area contributed by atoms with Crippen molar-refractivity contribution in [1.29, 1.82) is 0 Å². The van der Waals surface area contributed by atoms with Crippen LogP contribution >= 0.6 is 0 Å². The summed E-state index contributed by atoms with van der Waals surface area (Å²) in [6.07, 6.45) is 4.52. The second-order valence-electron chi connectivity index (χ2n) is 7.36. The van der Waals surface area contributed by atoms with E-state index in [1.807, 2.05) is 43.0 Å². The Hall–Kier alpha value is -2.43. The maximum Gasteiger partial charge on any atom is 0.254 e. The maximum atomic E-state index is 13.1. The van der Waals surface area contributed by atoms with Gasteiger partial charge in [0.2, 0.25) is 0 Å². The van der Waals surface area contributed by atoms with Crippen molar-refractivity contribution in [3.8, 4) is 0 Å². The summed E-state index contributed by atoms with van der Waals surface area (Å²) in [6, 6.07) is 7.83. The molecule has 0 N–H and O–H groups in total. The molecule has 0 atom stereocenters. The van der Waals surface area contributed by atoms with Crippen LogP contribution < -0.4 is 4.90 Å². The molecular formula is C21H26N4O. The molecule has 2 aliphatic heterocycles. The van der Waals surface area contributed by atoms with E-state index < -0.39 is 0 Å². The first-order valence-corrected chi connectivity index (χ1v) is 9.60. The van der Waals surface area contributed by atoms with E-state index in [1.54, 1.807) is 0 Å². The van der Waals surface area contributed by atoms with Crippen LogP contribution in [0.4, 0.5) is 5.82 Å². The topological polar surface area (TPSA) is 49.3 Å². The fraction of sp³-hybridized carbons (Fsp3) is 0.476. The molecule has 4 rings (SSSR count). The van der Waals surface area contributed by atoms with E-state index in [9.17, 15) is 4.79 Å². The van der Waals surface area contributed by atoms with Gasteiger partial charge in [0, 0.05) is 37.2 Å². The first kappa shape index (κ1) is 17.0. The average molecular weight is 350 g/mol. The molecule has 1 saturated heterocycles. The van der Waals surface area contributed by atoms with Crippen LogP contribution in [-0.2, 0) is 13.0 Å². The Morgan fingerprint density at radius 1 is 1.00 bits per heavy atom. The van der Waals surface area contributed by atoms with E-state index >= 15 is 0 Å². The van der Waals surface area contributed by atoms with Crippen LogP contribution in [0.2, 0.25) is 0 Å². The summed E-state index contributed by atoms with van der Waals surface area (Å²) in [7, 11) is 0. The highest BCUT2D eigenvalue weighted by Gasteiger charge is 2.28. The molecule has 0 bridgehead atoms. The molecular weight excluding hydrogens is 324 g/mol. The molecule has 1 aromatic heterocycles. The monoisotopic (exact) mass is 350 g/mol. The number of carbonyl (C=O) groups excluding carboxylic acids is 1. The van der Waals surface area contributed by atoms with Gasteiger partial charge in [0.25, 0.3) is 5.91 Å². The molecule has 136 valence electrons. The molecule has 5 heteroatoms. The van der Waals surface area contributed by atoms with Gasteiger partial charge in [-0.1, -0.05) is 18.2 Å². The highest BCUT2D eigenvalue weighted by molar-refractivity contribution is 5.95. The van der Waals surface area contributed by atoms with Gasteiger partial charge in [0.05, 0.1) is 12.2 Å².